The van der Waals surface area contributed by atoms with Gasteiger partial charge in [-0.25, -0.2) is 0 Å². The van der Waals surface area contributed by atoms with Crippen LogP contribution in [0.4, 0.5) is 11.4 Å². The maximum Gasteiger partial charge on any atom is 0.279 e. The smallest absolute Gasteiger partial charge is 0.279 e. The first-order chi connectivity index (χ1) is 13.9. The molecule has 2 aromatic rings. The summed E-state index contributed by atoms with van der Waals surface area (Å²) in [6.45, 7) is 0. The van der Waals surface area contributed by atoms with Gasteiger partial charge in [0.2, 0.25) is 0 Å². The van der Waals surface area contributed by atoms with Crippen LogP contribution in [0.15, 0.2) is 36.4 Å². The standard InChI is InChI=1S/2C8H5NO6.Pb/c2*10-7(11)4-1-2-5(8(12)13)6(3-4)9(14)15;/h2*1-3H,(H,10,11)(H,12,13);/p-4. The van der Waals surface area contributed by atoms with Crippen molar-refractivity contribution < 1.29 is 49.5 Å². The zero-order valence-electron chi connectivity index (χ0n) is 14.8. The van der Waals surface area contributed by atoms with E-state index in [2.05, 4.69) is 0 Å². The number of benzene rings is 2. The zero-order chi connectivity index (χ0) is 23.2. The molecule has 0 aromatic heterocycles. The number of rotatable bonds is 6. The number of nitrogens with zero attached hydrogens (tertiary/aromatic N) is 2. The molecule has 4 radical (unpaired) electrons. The Morgan fingerprint density at radius 3 is 1.06 bits per heavy atom. The Hall–Kier alpha value is -3.96. The molecule has 14 nitrogen and oxygen atoms in total. The molecular weight excluding hydrogens is 619 g/mol. The topological polar surface area (TPSA) is 247 Å². The summed E-state index contributed by atoms with van der Waals surface area (Å²) in [5.41, 5.74) is -3.96. The molecule has 0 aliphatic heterocycles. The molecule has 0 spiro atoms. The summed E-state index contributed by atoms with van der Waals surface area (Å²) < 4.78 is 0. The molecule has 160 valence electrons. The molecule has 0 saturated heterocycles. The third-order valence-electron chi connectivity index (χ3n) is 3.30. The van der Waals surface area contributed by atoms with E-state index in [9.17, 15) is 59.8 Å². The summed E-state index contributed by atoms with van der Waals surface area (Å²) in [5.74, 6) is -6.73. The number of carboxylic acids is 4. The number of carbonyl (C=O) groups is 4. The minimum absolute atomic E-state index is 0. The average Bonchev–Trinajstić information content (AvgIpc) is 2.67. The second-order valence-electron chi connectivity index (χ2n) is 5.13. The third-order valence-corrected chi connectivity index (χ3v) is 3.30. The van der Waals surface area contributed by atoms with Crippen LogP contribution in [0.1, 0.15) is 41.4 Å². The minimum Gasteiger partial charge on any atom is -0.545 e. The Morgan fingerprint density at radius 1 is 0.581 bits per heavy atom. The predicted octanol–water partition coefficient (Wildman–Crippen LogP) is -3.74. The molecule has 0 atom stereocenters. The van der Waals surface area contributed by atoms with Crippen LogP contribution in [0.25, 0.3) is 0 Å². The number of nitro benzene ring substituents is 2. The van der Waals surface area contributed by atoms with Crippen molar-refractivity contribution in [1.82, 2.24) is 0 Å². The van der Waals surface area contributed by atoms with Crippen LogP contribution in [0.2, 0.25) is 0 Å². The number of nitro groups is 2. The van der Waals surface area contributed by atoms with Crippen LogP contribution in [0.5, 0.6) is 0 Å². The van der Waals surface area contributed by atoms with Gasteiger partial charge in [-0.2, -0.15) is 0 Å². The molecule has 2 rings (SSSR count). The van der Waals surface area contributed by atoms with Gasteiger partial charge in [0, 0.05) is 50.6 Å². The SMILES string of the molecule is O=C([O-])c1ccc(C(=O)[O-])c([N+](=O)[O-])c1.O=C([O-])c1ccc(C(=O)[O-])c([N+](=O)[O-])c1.[Pb]. The fraction of sp³-hybridized carbons (Fsp3) is 0. The van der Waals surface area contributed by atoms with Crippen molar-refractivity contribution in [2.24, 2.45) is 0 Å². The minimum atomic E-state index is -1.74. The quantitative estimate of drug-likeness (QED) is 0.171. The van der Waals surface area contributed by atoms with Gasteiger partial charge >= 0.3 is 0 Å². The van der Waals surface area contributed by atoms with E-state index in [1.54, 1.807) is 0 Å². The monoisotopic (exact) mass is 626 g/mol. The van der Waals surface area contributed by atoms with Gasteiger partial charge in [-0.05, 0) is 12.1 Å². The zero-order valence-corrected chi connectivity index (χ0v) is 18.6. The van der Waals surface area contributed by atoms with Crippen LogP contribution >= 0.6 is 0 Å². The molecule has 0 bridgehead atoms. The summed E-state index contributed by atoms with van der Waals surface area (Å²) >= 11 is 0. The largest absolute Gasteiger partial charge is 0.545 e. The number of carboxylic acid groups (broad SMARTS) is 4. The van der Waals surface area contributed by atoms with E-state index in [1.807, 2.05) is 0 Å². The first-order valence-corrected chi connectivity index (χ1v) is 7.29. The van der Waals surface area contributed by atoms with E-state index in [0.29, 0.717) is 12.1 Å². The maximum atomic E-state index is 10.4. The molecule has 0 amide bonds. The van der Waals surface area contributed by atoms with Crippen molar-refractivity contribution in [1.29, 1.82) is 0 Å². The van der Waals surface area contributed by atoms with Crippen molar-refractivity contribution in [2.75, 3.05) is 0 Å². The Labute approximate surface area is 190 Å². The van der Waals surface area contributed by atoms with E-state index in [4.69, 9.17) is 0 Å². The Bertz CT molecular complexity index is 997. The molecular formula is C16H6N2O12Pb-4. The number of carbonyl (C=O) groups excluding carboxylic acids is 4. The molecule has 31 heavy (non-hydrogen) atoms. The van der Waals surface area contributed by atoms with E-state index in [0.717, 1.165) is 24.3 Å². The predicted molar refractivity (Wildman–Crippen MR) is 89.3 cm³/mol. The van der Waals surface area contributed by atoms with Crippen LogP contribution in [0.3, 0.4) is 0 Å². The molecule has 0 aliphatic carbocycles. The maximum absolute atomic E-state index is 10.4. The molecule has 15 heteroatoms. The summed E-state index contributed by atoms with van der Waals surface area (Å²) in [7, 11) is 0. The fourth-order valence-corrected chi connectivity index (χ4v) is 1.96. The summed E-state index contributed by atoms with van der Waals surface area (Å²) in [6, 6.07) is 4.60. The average molecular weight is 625 g/mol. The number of hydrogen-bond acceptors (Lipinski definition) is 12. The van der Waals surface area contributed by atoms with Gasteiger partial charge in [0.25, 0.3) is 11.4 Å². The van der Waals surface area contributed by atoms with Gasteiger partial charge in [0.1, 0.15) is 0 Å². The van der Waals surface area contributed by atoms with E-state index >= 15 is 0 Å². The van der Waals surface area contributed by atoms with E-state index < -0.39 is 67.4 Å². The first kappa shape index (κ1) is 27.0. The summed E-state index contributed by atoms with van der Waals surface area (Å²) in [5, 5.41) is 62.4. The third kappa shape index (κ3) is 7.10. The number of hydrogen-bond donors (Lipinski definition) is 0. The van der Waals surface area contributed by atoms with E-state index in [1.165, 1.54) is 0 Å². The first-order valence-electron chi connectivity index (χ1n) is 7.29. The van der Waals surface area contributed by atoms with Crippen LogP contribution in [-0.2, 0) is 0 Å². The number of aromatic carboxylic acids is 4. The van der Waals surface area contributed by atoms with Crippen molar-refractivity contribution in [2.45, 2.75) is 0 Å². The van der Waals surface area contributed by atoms with Crippen molar-refractivity contribution in [3.63, 3.8) is 0 Å². The second-order valence-corrected chi connectivity index (χ2v) is 5.13. The molecule has 2 aromatic carbocycles. The Balaban J connectivity index is 0.000000562. The Kier molecular flexibility index (Phi) is 9.84. The molecule has 0 fully saturated rings. The van der Waals surface area contributed by atoms with Crippen LogP contribution in [0, 0.1) is 20.2 Å². The van der Waals surface area contributed by atoms with Crippen molar-refractivity contribution in [3.05, 3.63) is 78.9 Å². The van der Waals surface area contributed by atoms with E-state index in [-0.39, 0.29) is 27.3 Å². The molecule has 0 saturated carbocycles. The van der Waals surface area contributed by atoms with Crippen molar-refractivity contribution in [3.8, 4) is 0 Å². The van der Waals surface area contributed by atoms with Gasteiger partial charge in [-0.1, -0.05) is 12.1 Å². The molecule has 0 N–H and O–H groups in total. The fourth-order valence-electron chi connectivity index (χ4n) is 1.96. The summed E-state index contributed by atoms with van der Waals surface area (Å²) in [4.78, 5) is 60.4. The van der Waals surface area contributed by atoms with Gasteiger partial charge in [0.15, 0.2) is 0 Å². The second kappa shape index (κ2) is 11.3. The van der Waals surface area contributed by atoms with Gasteiger partial charge < -0.3 is 39.6 Å². The van der Waals surface area contributed by atoms with Crippen LogP contribution in [-0.4, -0.2) is 61.0 Å². The van der Waals surface area contributed by atoms with Crippen molar-refractivity contribution >= 4 is 62.6 Å². The molecule has 0 unspecified atom stereocenters. The molecule has 0 heterocycles. The summed E-state index contributed by atoms with van der Waals surface area (Å²) in [6.07, 6.45) is 0. The van der Waals surface area contributed by atoms with Gasteiger partial charge in [0.05, 0.1) is 44.9 Å². The van der Waals surface area contributed by atoms with Gasteiger partial charge in [-0.3, -0.25) is 20.2 Å². The normalized spacial score (nSPS) is 9.29. The Morgan fingerprint density at radius 2 is 0.871 bits per heavy atom. The van der Waals surface area contributed by atoms with Gasteiger partial charge in [-0.15, -0.1) is 0 Å². The van der Waals surface area contributed by atoms with Crippen LogP contribution < -0.4 is 20.4 Å². The molecule has 0 aliphatic rings.